The van der Waals surface area contributed by atoms with Crippen molar-refractivity contribution in [2.45, 2.75) is 42.6 Å². The lowest BCUT2D eigenvalue weighted by atomic mass is 10.1. The molecule has 0 amide bonds. The number of fused-ring (bicyclic) bond motifs is 1. The van der Waals surface area contributed by atoms with E-state index < -0.39 is 39.5 Å². The molecule has 1 heterocycles. The van der Waals surface area contributed by atoms with Crippen LogP contribution in [0.1, 0.15) is 12.8 Å². The van der Waals surface area contributed by atoms with E-state index in [1.165, 1.54) is 0 Å². The zero-order valence-electron chi connectivity index (χ0n) is 10.0. The summed E-state index contributed by atoms with van der Waals surface area (Å²) in [5, 5.41) is -5.70. The molecular weight excluding hydrogens is 331 g/mol. The average Bonchev–Trinajstić information content (AvgIpc) is 2.89. The molecule has 0 spiro atoms. The largest absolute Gasteiger partial charge is 0.444 e. The van der Waals surface area contributed by atoms with E-state index >= 15 is 0 Å². The van der Waals surface area contributed by atoms with Crippen molar-refractivity contribution < 1.29 is 49.2 Å². The van der Waals surface area contributed by atoms with Crippen LogP contribution in [0.25, 0.3) is 0 Å². The molecule has 21 heavy (non-hydrogen) atoms. The molecular formula is C9H9F5O6S. The Hall–Kier alpha value is -1.01. The summed E-state index contributed by atoms with van der Waals surface area (Å²) < 4.78 is 101. The van der Waals surface area contributed by atoms with Crippen LogP contribution in [0, 0.1) is 5.92 Å². The van der Waals surface area contributed by atoms with Crippen LogP contribution < -0.4 is 0 Å². The summed E-state index contributed by atoms with van der Waals surface area (Å²) in [6, 6.07) is 0. The van der Waals surface area contributed by atoms with Gasteiger partial charge < -0.3 is 9.47 Å². The van der Waals surface area contributed by atoms with E-state index in [1.54, 1.807) is 0 Å². The van der Waals surface area contributed by atoms with E-state index in [1.807, 2.05) is 0 Å². The maximum Gasteiger partial charge on any atom is 0.432 e. The van der Waals surface area contributed by atoms with E-state index in [2.05, 4.69) is 4.74 Å². The fraction of sp³-hybridized carbons (Fsp3) is 0.889. The van der Waals surface area contributed by atoms with Crippen LogP contribution >= 0.6 is 0 Å². The number of hydrogen-bond acceptors (Lipinski definition) is 5. The molecule has 1 saturated carbocycles. The number of carbonyl (C=O) groups excluding carboxylic acids is 1. The highest BCUT2D eigenvalue weighted by atomic mass is 32.2. The first kappa shape index (κ1) is 16.4. The Bertz CT molecular complexity index is 533. The van der Waals surface area contributed by atoms with Crippen molar-refractivity contribution in [2.24, 2.45) is 5.92 Å². The van der Waals surface area contributed by atoms with Crippen molar-refractivity contribution in [3.05, 3.63) is 0 Å². The van der Waals surface area contributed by atoms with Gasteiger partial charge in [-0.15, -0.1) is 0 Å². The molecule has 0 aromatic carbocycles. The zero-order chi connectivity index (χ0) is 16.2. The molecule has 1 aliphatic carbocycles. The summed E-state index contributed by atoms with van der Waals surface area (Å²) in [6.07, 6.45) is -10.7. The molecule has 1 N–H and O–H groups in total. The highest BCUT2D eigenvalue weighted by molar-refractivity contribution is 7.86. The maximum atomic E-state index is 13.2. The van der Waals surface area contributed by atoms with Gasteiger partial charge in [-0.2, -0.15) is 30.4 Å². The van der Waals surface area contributed by atoms with Crippen molar-refractivity contribution >= 4 is 16.1 Å². The fourth-order valence-electron chi connectivity index (χ4n) is 2.12. The van der Waals surface area contributed by atoms with Crippen molar-refractivity contribution in [3.8, 4) is 0 Å². The molecule has 12 heteroatoms. The maximum absolute atomic E-state index is 13.2. The minimum atomic E-state index is -6.41. The van der Waals surface area contributed by atoms with Crippen LogP contribution in [0.3, 0.4) is 0 Å². The minimum Gasteiger partial charge on any atom is -0.444 e. The van der Waals surface area contributed by atoms with Gasteiger partial charge in [0.25, 0.3) is 6.10 Å². The molecule has 6 nitrogen and oxygen atoms in total. The van der Waals surface area contributed by atoms with Crippen molar-refractivity contribution in [1.82, 2.24) is 0 Å². The first-order valence-electron chi connectivity index (χ1n) is 5.61. The lowest BCUT2D eigenvalue weighted by Gasteiger charge is -2.27. The first-order valence-corrected chi connectivity index (χ1v) is 7.05. The molecule has 3 atom stereocenters. The first-order chi connectivity index (χ1) is 9.34. The monoisotopic (exact) mass is 340 g/mol. The van der Waals surface area contributed by atoms with Gasteiger partial charge >= 0.3 is 27.5 Å². The SMILES string of the molecule is O=C(OC(C(F)(F)F)C(F)(F)S(=O)(=O)O)C1CC2OC2C1. The molecule has 0 aromatic rings. The molecule has 2 aliphatic rings. The molecule has 0 radical (unpaired) electrons. The summed E-state index contributed by atoms with van der Waals surface area (Å²) in [5.41, 5.74) is 0. The van der Waals surface area contributed by atoms with E-state index in [4.69, 9.17) is 9.29 Å². The zero-order valence-corrected chi connectivity index (χ0v) is 10.8. The van der Waals surface area contributed by atoms with E-state index in [9.17, 15) is 35.2 Å². The number of hydrogen-bond donors (Lipinski definition) is 1. The second-order valence-electron chi connectivity index (χ2n) is 4.78. The third-order valence-corrected chi connectivity index (χ3v) is 4.14. The molecule has 0 bridgehead atoms. The number of epoxide rings is 1. The Morgan fingerprint density at radius 1 is 1.19 bits per heavy atom. The summed E-state index contributed by atoms with van der Waals surface area (Å²) in [4.78, 5) is 11.5. The minimum absolute atomic E-state index is 0.0194. The Balaban J connectivity index is 2.15. The molecule has 1 aliphatic heterocycles. The van der Waals surface area contributed by atoms with E-state index in [0.29, 0.717) is 0 Å². The lowest BCUT2D eigenvalue weighted by molar-refractivity contribution is -0.260. The van der Waals surface area contributed by atoms with Crippen molar-refractivity contribution in [2.75, 3.05) is 0 Å². The van der Waals surface area contributed by atoms with E-state index in [0.717, 1.165) is 0 Å². The standard InChI is InChI=1S/C9H9F5O6S/c10-8(11,12)7(9(13,14)21(16,17)18)20-6(15)3-1-4-5(2-3)19-4/h3-5,7H,1-2H2,(H,16,17,18). The third-order valence-electron chi connectivity index (χ3n) is 3.24. The number of rotatable bonds is 4. The highest BCUT2D eigenvalue weighted by Gasteiger charge is 2.66. The number of carbonyl (C=O) groups is 1. The number of halogens is 5. The molecule has 2 fully saturated rings. The summed E-state index contributed by atoms with van der Waals surface area (Å²) in [7, 11) is -6.41. The molecule has 2 rings (SSSR count). The topological polar surface area (TPSA) is 93.2 Å². The van der Waals surface area contributed by atoms with Gasteiger partial charge in [0.05, 0.1) is 18.1 Å². The van der Waals surface area contributed by atoms with Crippen LogP contribution in [-0.4, -0.2) is 48.7 Å². The number of alkyl halides is 5. The highest BCUT2D eigenvalue weighted by Crippen LogP contribution is 2.44. The average molecular weight is 340 g/mol. The third kappa shape index (κ3) is 3.11. The van der Waals surface area contributed by atoms with Crippen LogP contribution in [0.4, 0.5) is 22.0 Å². The van der Waals surface area contributed by atoms with Crippen LogP contribution in [0.5, 0.6) is 0 Å². The normalized spacial score (nSPS) is 30.7. The Morgan fingerprint density at radius 2 is 1.67 bits per heavy atom. The van der Waals surface area contributed by atoms with Gasteiger partial charge in [-0.3, -0.25) is 9.35 Å². The van der Waals surface area contributed by atoms with E-state index in [-0.39, 0.29) is 25.0 Å². The van der Waals surface area contributed by atoms with Gasteiger partial charge in [0.1, 0.15) is 0 Å². The van der Waals surface area contributed by atoms with Crippen LogP contribution in [0.15, 0.2) is 0 Å². The van der Waals surface area contributed by atoms with Gasteiger partial charge in [-0.25, -0.2) is 0 Å². The van der Waals surface area contributed by atoms with Gasteiger partial charge in [-0.1, -0.05) is 0 Å². The number of ether oxygens (including phenoxy) is 2. The Labute approximate surface area is 114 Å². The summed E-state index contributed by atoms with van der Waals surface area (Å²) in [6.45, 7) is 0. The second kappa shape index (κ2) is 4.74. The van der Waals surface area contributed by atoms with Gasteiger partial charge in [-0.05, 0) is 12.8 Å². The Morgan fingerprint density at radius 3 is 2.05 bits per heavy atom. The Kier molecular flexibility index (Phi) is 3.70. The van der Waals surface area contributed by atoms with Crippen LogP contribution in [-0.2, 0) is 24.4 Å². The molecule has 3 unspecified atom stereocenters. The molecule has 122 valence electrons. The smallest absolute Gasteiger partial charge is 0.432 e. The fourth-order valence-corrected chi connectivity index (χ4v) is 2.57. The van der Waals surface area contributed by atoms with Gasteiger partial charge in [0, 0.05) is 0 Å². The van der Waals surface area contributed by atoms with Crippen molar-refractivity contribution in [3.63, 3.8) is 0 Å². The quantitative estimate of drug-likeness (QED) is 0.357. The number of esters is 1. The summed E-state index contributed by atoms with van der Waals surface area (Å²) >= 11 is 0. The molecule has 0 aromatic heterocycles. The predicted molar refractivity (Wildman–Crippen MR) is 53.8 cm³/mol. The lowest BCUT2D eigenvalue weighted by Crippen LogP contribution is -2.52. The summed E-state index contributed by atoms with van der Waals surface area (Å²) in [5.74, 6) is -2.67. The van der Waals surface area contributed by atoms with Gasteiger partial charge in [0.15, 0.2) is 0 Å². The second-order valence-corrected chi connectivity index (χ2v) is 6.27. The van der Waals surface area contributed by atoms with Gasteiger partial charge in [0.2, 0.25) is 0 Å². The van der Waals surface area contributed by atoms with Crippen molar-refractivity contribution in [1.29, 1.82) is 0 Å². The molecule has 1 saturated heterocycles. The predicted octanol–water partition coefficient (Wildman–Crippen LogP) is 1.12. The van der Waals surface area contributed by atoms with Crippen LogP contribution in [0.2, 0.25) is 0 Å².